The summed E-state index contributed by atoms with van der Waals surface area (Å²) in [7, 11) is 0. The lowest BCUT2D eigenvalue weighted by Gasteiger charge is -2.04. The molecule has 0 atom stereocenters. The van der Waals surface area contributed by atoms with Gasteiger partial charge in [0.15, 0.2) is 5.78 Å². The monoisotopic (exact) mass is 238 g/mol. The summed E-state index contributed by atoms with van der Waals surface area (Å²) in [6.07, 6.45) is 16.0. The van der Waals surface area contributed by atoms with Crippen molar-refractivity contribution in [3.05, 3.63) is 12.2 Å². The van der Waals surface area contributed by atoms with Crippen LogP contribution in [0.15, 0.2) is 12.2 Å². The quantitative estimate of drug-likeness (QED) is 0.595. The molecule has 0 aliphatic carbocycles. The van der Waals surface area contributed by atoms with Crippen molar-refractivity contribution in [2.24, 2.45) is 0 Å². The molecule has 0 unspecified atom stereocenters. The average molecular weight is 238 g/mol. The van der Waals surface area contributed by atoms with Gasteiger partial charge in [-0.1, -0.05) is 31.4 Å². The molecule has 0 aromatic heterocycles. The summed E-state index contributed by atoms with van der Waals surface area (Å²) >= 11 is 0. The van der Waals surface area contributed by atoms with Crippen LogP contribution in [0.2, 0.25) is 0 Å². The van der Waals surface area contributed by atoms with Gasteiger partial charge < -0.3 is 4.74 Å². The molecule has 2 nitrogen and oxygen atoms in total. The highest BCUT2D eigenvalue weighted by Gasteiger charge is 2.02. The average Bonchev–Trinajstić information content (AvgIpc) is 2.32. The number of Topliss-reactive ketones (excluding diaryl/α,β-unsaturated/α-hetero) is 1. The summed E-state index contributed by atoms with van der Waals surface area (Å²) < 4.78 is 5.37. The molecule has 1 aliphatic heterocycles. The maximum atomic E-state index is 11.4. The lowest BCUT2D eigenvalue weighted by molar-refractivity contribution is -0.123. The molecule has 1 heterocycles. The van der Waals surface area contributed by atoms with Crippen LogP contribution >= 0.6 is 0 Å². The first kappa shape index (κ1) is 14.4. The number of hydrogen-bond acceptors (Lipinski definition) is 2. The van der Waals surface area contributed by atoms with Crippen LogP contribution in [0.5, 0.6) is 0 Å². The third-order valence-corrected chi connectivity index (χ3v) is 3.17. The zero-order valence-electron chi connectivity index (χ0n) is 11.0. The molecule has 0 spiro atoms. The second-order valence-corrected chi connectivity index (χ2v) is 4.86. The molecule has 0 fully saturated rings. The Balaban J connectivity index is 2.18. The number of hydrogen-bond donors (Lipinski definition) is 0. The Hall–Kier alpha value is -0.630. The van der Waals surface area contributed by atoms with Crippen molar-refractivity contribution in [1.82, 2.24) is 0 Å². The lowest BCUT2D eigenvalue weighted by atomic mass is 10.1. The predicted octanol–water partition coefficient (Wildman–Crippen LogP) is 4.04. The number of carbonyl (C=O) groups is 1. The molecule has 0 N–H and O–H groups in total. The Morgan fingerprint density at radius 3 is 2.29 bits per heavy atom. The molecule has 17 heavy (non-hydrogen) atoms. The van der Waals surface area contributed by atoms with Crippen molar-refractivity contribution in [3.8, 4) is 0 Å². The number of carbonyl (C=O) groups excluding carboxylic acids is 1. The summed E-state index contributed by atoms with van der Waals surface area (Å²) in [5.74, 6) is 0.275. The van der Waals surface area contributed by atoms with Crippen LogP contribution in [0.3, 0.4) is 0 Å². The smallest absolute Gasteiger partial charge is 0.158 e. The summed E-state index contributed by atoms with van der Waals surface area (Å²) in [6, 6.07) is 0. The summed E-state index contributed by atoms with van der Waals surface area (Å²) in [4.78, 5) is 11.4. The van der Waals surface area contributed by atoms with E-state index in [2.05, 4.69) is 12.2 Å². The van der Waals surface area contributed by atoms with Gasteiger partial charge in [0.25, 0.3) is 0 Å². The first-order valence-corrected chi connectivity index (χ1v) is 7.14. The molecule has 0 amide bonds. The fourth-order valence-electron chi connectivity index (χ4n) is 2.07. The molecular formula is C15H26O2. The summed E-state index contributed by atoms with van der Waals surface area (Å²) in [5.41, 5.74) is 0. The van der Waals surface area contributed by atoms with Crippen LogP contribution in [-0.2, 0) is 9.53 Å². The van der Waals surface area contributed by atoms with Gasteiger partial charge in [0.1, 0.15) is 6.61 Å². The van der Waals surface area contributed by atoms with Crippen molar-refractivity contribution in [2.45, 2.75) is 64.2 Å². The van der Waals surface area contributed by atoms with Crippen LogP contribution in [0.25, 0.3) is 0 Å². The molecule has 2 heteroatoms. The van der Waals surface area contributed by atoms with Gasteiger partial charge in [-0.05, 0) is 38.5 Å². The minimum absolute atomic E-state index is 0.275. The molecule has 0 saturated carbocycles. The summed E-state index contributed by atoms with van der Waals surface area (Å²) in [5, 5.41) is 0. The molecular weight excluding hydrogens is 212 g/mol. The van der Waals surface area contributed by atoms with Crippen molar-refractivity contribution in [3.63, 3.8) is 0 Å². The highest BCUT2D eigenvalue weighted by atomic mass is 16.5. The molecule has 1 rings (SSSR count). The van der Waals surface area contributed by atoms with E-state index in [-0.39, 0.29) is 5.78 Å². The molecule has 0 aromatic carbocycles. The minimum Gasteiger partial charge on any atom is -0.374 e. The number of rotatable bonds is 0. The Bertz CT molecular complexity index is 221. The standard InChI is InChI=1S/C15H26O2/c16-15-12-10-8-6-4-2-1-3-5-7-9-11-13-17-14-15/h3,5H,1-2,4,6-14H2/b5-3+. The number of ether oxygens (including phenoxy) is 1. The van der Waals surface area contributed by atoms with E-state index >= 15 is 0 Å². The molecule has 0 saturated heterocycles. The van der Waals surface area contributed by atoms with Crippen LogP contribution in [-0.4, -0.2) is 19.0 Å². The zero-order chi connectivity index (χ0) is 12.2. The van der Waals surface area contributed by atoms with E-state index in [1.165, 1.54) is 38.5 Å². The van der Waals surface area contributed by atoms with E-state index in [1.54, 1.807) is 0 Å². The second kappa shape index (κ2) is 10.5. The molecule has 98 valence electrons. The van der Waals surface area contributed by atoms with Gasteiger partial charge in [0, 0.05) is 13.0 Å². The van der Waals surface area contributed by atoms with E-state index in [4.69, 9.17) is 4.74 Å². The van der Waals surface area contributed by atoms with Gasteiger partial charge in [0.2, 0.25) is 0 Å². The van der Waals surface area contributed by atoms with Gasteiger partial charge in [-0.3, -0.25) is 4.79 Å². The first-order chi connectivity index (χ1) is 8.39. The van der Waals surface area contributed by atoms with Gasteiger partial charge in [-0.25, -0.2) is 0 Å². The number of ketones is 1. The lowest BCUT2D eigenvalue weighted by Crippen LogP contribution is -2.09. The molecule has 1 aliphatic rings. The van der Waals surface area contributed by atoms with Crippen LogP contribution in [0.1, 0.15) is 64.2 Å². The fraction of sp³-hybridized carbons (Fsp3) is 0.800. The highest BCUT2D eigenvalue weighted by molar-refractivity contribution is 5.79. The second-order valence-electron chi connectivity index (χ2n) is 4.86. The maximum Gasteiger partial charge on any atom is 0.158 e. The zero-order valence-corrected chi connectivity index (χ0v) is 11.0. The maximum absolute atomic E-state index is 11.4. The first-order valence-electron chi connectivity index (χ1n) is 7.14. The SMILES string of the molecule is O=C1CCCCCCC/C=C/CCCCOC1. The van der Waals surface area contributed by atoms with Crippen molar-refractivity contribution < 1.29 is 9.53 Å². The molecule has 0 radical (unpaired) electrons. The van der Waals surface area contributed by atoms with Gasteiger partial charge in [0.05, 0.1) is 0 Å². The summed E-state index contributed by atoms with van der Waals surface area (Å²) in [6.45, 7) is 1.06. The van der Waals surface area contributed by atoms with Gasteiger partial charge >= 0.3 is 0 Å². The van der Waals surface area contributed by atoms with E-state index in [0.717, 1.165) is 25.9 Å². The van der Waals surface area contributed by atoms with Crippen LogP contribution < -0.4 is 0 Å². The van der Waals surface area contributed by atoms with Gasteiger partial charge in [-0.2, -0.15) is 0 Å². The minimum atomic E-state index is 0.275. The normalized spacial score (nSPS) is 24.4. The van der Waals surface area contributed by atoms with Crippen molar-refractivity contribution in [1.29, 1.82) is 0 Å². The van der Waals surface area contributed by atoms with Crippen molar-refractivity contribution >= 4 is 5.78 Å². The fourth-order valence-corrected chi connectivity index (χ4v) is 2.07. The van der Waals surface area contributed by atoms with E-state index < -0.39 is 0 Å². The largest absolute Gasteiger partial charge is 0.374 e. The van der Waals surface area contributed by atoms with E-state index in [9.17, 15) is 4.79 Å². The van der Waals surface area contributed by atoms with Crippen LogP contribution in [0.4, 0.5) is 0 Å². The Kier molecular flexibility index (Phi) is 8.93. The Labute approximate surface area is 105 Å². The van der Waals surface area contributed by atoms with Crippen LogP contribution in [0, 0.1) is 0 Å². The van der Waals surface area contributed by atoms with E-state index in [1.807, 2.05) is 0 Å². The molecule has 0 bridgehead atoms. The third kappa shape index (κ3) is 9.11. The molecule has 0 aromatic rings. The predicted molar refractivity (Wildman–Crippen MR) is 71.1 cm³/mol. The third-order valence-electron chi connectivity index (χ3n) is 3.17. The Morgan fingerprint density at radius 1 is 0.824 bits per heavy atom. The Morgan fingerprint density at radius 2 is 1.47 bits per heavy atom. The van der Waals surface area contributed by atoms with Gasteiger partial charge in [-0.15, -0.1) is 0 Å². The number of allylic oxidation sites excluding steroid dienone is 2. The van der Waals surface area contributed by atoms with Crippen molar-refractivity contribution in [2.75, 3.05) is 13.2 Å². The van der Waals surface area contributed by atoms with E-state index in [0.29, 0.717) is 13.0 Å². The topological polar surface area (TPSA) is 26.3 Å². The highest BCUT2D eigenvalue weighted by Crippen LogP contribution is 2.09.